The van der Waals surface area contributed by atoms with E-state index < -0.39 is 5.66 Å². The lowest BCUT2D eigenvalue weighted by atomic mass is 9.81. The van der Waals surface area contributed by atoms with Crippen molar-refractivity contribution < 1.29 is 4.79 Å². The molecule has 4 nitrogen and oxygen atoms in total. The lowest BCUT2D eigenvalue weighted by Crippen LogP contribution is -2.54. The van der Waals surface area contributed by atoms with Crippen LogP contribution in [0.15, 0.2) is 15.3 Å². The van der Waals surface area contributed by atoms with Crippen LogP contribution in [0.25, 0.3) is 0 Å². The summed E-state index contributed by atoms with van der Waals surface area (Å²) >= 11 is 9.38. The molecule has 1 aliphatic carbocycles. The SMILES string of the molecule is CC1(C)CCCC12NC(=O)c1c(Cl)cc(Br)c(=O)n12. The van der Waals surface area contributed by atoms with E-state index in [-0.39, 0.29) is 22.6 Å². The number of pyridine rings is 1. The molecule has 0 bridgehead atoms. The maximum atomic E-state index is 12.5. The normalized spacial score (nSPS) is 27.7. The minimum absolute atomic E-state index is 0.179. The van der Waals surface area contributed by atoms with Gasteiger partial charge in [0.15, 0.2) is 0 Å². The van der Waals surface area contributed by atoms with E-state index in [2.05, 4.69) is 35.1 Å². The Morgan fingerprint density at radius 3 is 2.63 bits per heavy atom. The highest BCUT2D eigenvalue weighted by Gasteiger charge is 2.56. The number of nitrogens with one attached hydrogen (secondary N) is 1. The fraction of sp³-hybridized carbons (Fsp3) is 0.538. The zero-order chi connectivity index (χ0) is 14.0. The molecule has 1 aromatic rings. The van der Waals surface area contributed by atoms with E-state index in [0.29, 0.717) is 9.50 Å². The molecular weight excluding hydrogens is 332 g/mol. The summed E-state index contributed by atoms with van der Waals surface area (Å²) in [6, 6.07) is 1.50. The van der Waals surface area contributed by atoms with Crippen molar-refractivity contribution in [2.45, 2.75) is 38.8 Å². The second-order valence-electron chi connectivity index (χ2n) is 5.88. The van der Waals surface area contributed by atoms with Gasteiger partial charge in [0.05, 0.1) is 9.50 Å². The monoisotopic (exact) mass is 344 g/mol. The maximum Gasteiger partial charge on any atom is 0.271 e. The lowest BCUT2D eigenvalue weighted by Gasteiger charge is -2.39. The maximum absolute atomic E-state index is 12.5. The van der Waals surface area contributed by atoms with Gasteiger partial charge < -0.3 is 5.32 Å². The van der Waals surface area contributed by atoms with E-state index in [9.17, 15) is 9.59 Å². The van der Waals surface area contributed by atoms with Crippen LogP contribution in [-0.2, 0) is 5.66 Å². The van der Waals surface area contributed by atoms with E-state index in [1.807, 2.05) is 0 Å². The van der Waals surface area contributed by atoms with Crippen LogP contribution in [0.4, 0.5) is 0 Å². The first kappa shape index (κ1) is 13.2. The number of fused-ring (bicyclic) bond motifs is 2. The number of carbonyl (C=O) groups is 1. The zero-order valence-corrected chi connectivity index (χ0v) is 13.1. The lowest BCUT2D eigenvalue weighted by molar-refractivity contribution is 0.0717. The molecular formula is C13H14BrClN2O2. The van der Waals surface area contributed by atoms with Gasteiger partial charge in [-0.05, 0) is 41.3 Å². The van der Waals surface area contributed by atoms with Gasteiger partial charge in [0.25, 0.3) is 11.5 Å². The summed E-state index contributed by atoms with van der Waals surface area (Å²) in [6.45, 7) is 4.16. The minimum Gasteiger partial charge on any atom is -0.327 e. The summed E-state index contributed by atoms with van der Waals surface area (Å²) in [6.07, 6.45) is 2.69. The summed E-state index contributed by atoms with van der Waals surface area (Å²) < 4.78 is 1.95. The molecule has 2 aliphatic rings. The van der Waals surface area contributed by atoms with E-state index in [1.54, 1.807) is 4.57 Å². The topological polar surface area (TPSA) is 51.1 Å². The van der Waals surface area contributed by atoms with E-state index >= 15 is 0 Å². The minimum atomic E-state index is -0.649. The number of halogens is 2. The Morgan fingerprint density at radius 1 is 1.37 bits per heavy atom. The highest BCUT2D eigenvalue weighted by Crippen LogP contribution is 2.51. The fourth-order valence-corrected chi connectivity index (χ4v) is 4.23. The highest BCUT2D eigenvalue weighted by atomic mass is 79.9. The molecule has 6 heteroatoms. The molecule has 1 spiro atoms. The number of aromatic nitrogens is 1. The molecule has 1 saturated carbocycles. The van der Waals surface area contributed by atoms with Crippen molar-refractivity contribution in [3.8, 4) is 0 Å². The van der Waals surface area contributed by atoms with E-state index in [1.165, 1.54) is 6.07 Å². The molecule has 1 aromatic heterocycles. The van der Waals surface area contributed by atoms with Gasteiger partial charge >= 0.3 is 0 Å². The van der Waals surface area contributed by atoms with Crippen LogP contribution in [0.1, 0.15) is 43.6 Å². The van der Waals surface area contributed by atoms with Crippen LogP contribution in [0, 0.1) is 5.41 Å². The molecule has 0 aromatic carbocycles. The fourth-order valence-electron chi connectivity index (χ4n) is 3.41. The Hall–Kier alpha value is -0.810. The molecule has 1 aliphatic heterocycles. The molecule has 3 rings (SSSR count). The number of hydrogen-bond acceptors (Lipinski definition) is 2. The van der Waals surface area contributed by atoms with Crippen molar-refractivity contribution >= 4 is 33.4 Å². The summed E-state index contributed by atoms with van der Waals surface area (Å²) in [4.78, 5) is 24.7. The Kier molecular flexibility index (Phi) is 2.68. The van der Waals surface area contributed by atoms with Gasteiger partial charge in [-0.15, -0.1) is 0 Å². The number of rotatable bonds is 0. The van der Waals surface area contributed by atoms with Crippen LogP contribution >= 0.6 is 27.5 Å². The molecule has 1 fully saturated rings. The summed E-state index contributed by atoms with van der Waals surface area (Å²) in [5, 5.41) is 3.32. The average molecular weight is 346 g/mol. The van der Waals surface area contributed by atoms with Crippen LogP contribution < -0.4 is 10.9 Å². The van der Waals surface area contributed by atoms with Crippen molar-refractivity contribution in [1.29, 1.82) is 0 Å². The molecule has 102 valence electrons. The first-order chi connectivity index (χ1) is 8.80. The number of hydrogen-bond donors (Lipinski definition) is 1. The molecule has 2 heterocycles. The van der Waals surface area contributed by atoms with Gasteiger partial charge in [-0.2, -0.15) is 0 Å². The molecule has 1 atom stereocenters. The van der Waals surface area contributed by atoms with Gasteiger partial charge in [0, 0.05) is 5.41 Å². The predicted molar refractivity (Wildman–Crippen MR) is 76.5 cm³/mol. The second kappa shape index (κ2) is 3.85. The first-order valence-corrected chi connectivity index (χ1v) is 7.41. The predicted octanol–water partition coefficient (Wildman–Crippen LogP) is 2.87. The number of amides is 1. The van der Waals surface area contributed by atoms with Crippen molar-refractivity contribution in [2.24, 2.45) is 5.41 Å². The van der Waals surface area contributed by atoms with Gasteiger partial charge in [0.1, 0.15) is 11.4 Å². The van der Waals surface area contributed by atoms with E-state index in [4.69, 9.17) is 11.6 Å². The third-order valence-corrected chi connectivity index (χ3v) is 5.34. The Balaban J connectivity index is 2.40. The molecule has 0 saturated heterocycles. The third kappa shape index (κ3) is 1.51. The van der Waals surface area contributed by atoms with Gasteiger partial charge in [-0.3, -0.25) is 14.2 Å². The Labute approximate surface area is 124 Å². The van der Waals surface area contributed by atoms with E-state index in [0.717, 1.165) is 19.3 Å². The smallest absolute Gasteiger partial charge is 0.271 e. The van der Waals surface area contributed by atoms with Crippen LogP contribution in [0.5, 0.6) is 0 Å². The molecule has 1 amide bonds. The first-order valence-electron chi connectivity index (χ1n) is 6.24. The number of carbonyl (C=O) groups excluding carboxylic acids is 1. The second-order valence-corrected chi connectivity index (χ2v) is 7.14. The Bertz CT molecular complexity index is 653. The Morgan fingerprint density at radius 2 is 2.05 bits per heavy atom. The molecule has 0 radical (unpaired) electrons. The standard InChI is InChI=1S/C13H14BrClN2O2/c1-12(2)4-3-5-13(12)16-10(18)9-8(15)6-7(14)11(19)17(9)13/h6H,3-5H2,1-2H3,(H,16,18). The number of nitrogens with zero attached hydrogens (tertiary/aromatic N) is 1. The zero-order valence-electron chi connectivity index (χ0n) is 10.7. The van der Waals surface area contributed by atoms with Crippen LogP contribution in [0.3, 0.4) is 0 Å². The van der Waals surface area contributed by atoms with Crippen molar-refractivity contribution in [1.82, 2.24) is 9.88 Å². The highest BCUT2D eigenvalue weighted by molar-refractivity contribution is 9.10. The largest absolute Gasteiger partial charge is 0.327 e. The quantitative estimate of drug-likeness (QED) is 0.786. The van der Waals surface area contributed by atoms with Crippen molar-refractivity contribution in [2.75, 3.05) is 0 Å². The molecule has 1 unspecified atom stereocenters. The summed E-state index contributed by atoms with van der Waals surface area (Å²) in [5.74, 6) is -0.260. The van der Waals surface area contributed by atoms with Crippen LogP contribution in [0.2, 0.25) is 5.02 Å². The van der Waals surface area contributed by atoms with Gasteiger partial charge in [-0.1, -0.05) is 25.4 Å². The summed E-state index contributed by atoms with van der Waals surface area (Å²) in [7, 11) is 0. The summed E-state index contributed by atoms with van der Waals surface area (Å²) in [5.41, 5.74) is -0.747. The van der Waals surface area contributed by atoms with Crippen LogP contribution in [-0.4, -0.2) is 10.5 Å². The third-order valence-electron chi connectivity index (χ3n) is 4.49. The molecule has 1 N–H and O–H groups in total. The van der Waals surface area contributed by atoms with Crippen molar-refractivity contribution in [3.63, 3.8) is 0 Å². The van der Waals surface area contributed by atoms with Gasteiger partial charge in [-0.25, -0.2) is 0 Å². The van der Waals surface area contributed by atoms with Crippen molar-refractivity contribution in [3.05, 3.63) is 31.6 Å². The molecule has 19 heavy (non-hydrogen) atoms. The average Bonchev–Trinajstić information content (AvgIpc) is 2.76. The van der Waals surface area contributed by atoms with Gasteiger partial charge in [0.2, 0.25) is 0 Å².